The van der Waals surface area contributed by atoms with E-state index in [1.165, 1.54) is 0 Å². The number of hydrogen-bond donors (Lipinski definition) is 3. The van der Waals surface area contributed by atoms with E-state index >= 15 is 0 Å². The number of nitrogens with two attached hydrogens (primary N) is 1. The molecular weight excluding hydrogens is 248 g/mol. The molecule has 19 heavy (non-hydrogen) atoms. The number of carbonyl (C=O) groups is 2. The Kier molecular flexibility index (Phi) is 4.10. The van der Waals surface area contributed by atoms with Crippen molar-refractivity contribution in [3.63, 3.8) is 0 Å². The number of hydrogen-bond acceptors (Lipinski definition) is 4. The summed E-state index contributed by atoms with van der Waals surface area (Å²) in [5.41, 5.74) is 4.42. The molecule has 6 heteroatoms. The monoisotopic (exact) mass is 270 g/mol. The van der Waals surface area contributed by atoms with E-state index < -0.39 is 16.8 Å². The van der Waals surface area contributed by atoms with Gasteiger partial charge in [-0.05, 0) is 25.7 Å². The van der Waals surface area contributed by atoms with Crippen LogP contribution < -0.4 is 11.1 Å². The zero-order valence-electron chi connectivity index (χ0n) is 11.1. The molecule has 1 saturated heterocycles. The van der Waals surface area contributed by atoms with E-state index in [4.69, 9.17) is 10.5 Å². The van der Waals surface area contributed by atoms with Crippen LogP contribution in [0.2, 0.25) is 0 Å². The van der Waals surface area contributed by atoms with Crippen LogP contribution in [-0.2, 0) is 14.3 Å². The number of carboxylic acid groups (broad SMARTS) is 1. The molecule has 0 unspecified atom stereocenters. The van der Waals surface area contributed by atoms with E-state index in [0.717, 1.165) is 6.42 Å². The SMILES string of the molecule is NCC1(C(=O)NCC2(C(=O)O)CCC2)CCOCC1. The van der Waals surface area contributed by atoms with E-state index in [2.05, 4.69) is 5.32 Å². The second-order valence-electron chi connectivity index (χ2n) is 5.72. The van der Waals surface area contributed by atoms with Crippen molar-refractivity contribution in [3.05, 3.63) is 0 Å². The highest BCUT2D eigenvalue weighted by Gasteiger charge is 2.46. The Morgan fingerprint density at radius 3 is 2.21 bits per heavy atom. The molecule has 2 aliphatic rings. The largest absolute Gasteiger partial charge is 0.481 e. The summed E-state index contributed by atoms with van der Waals surface area (Å²) in [5, 5.41) is 12.0. The standard InChI is InChI=1S/C13H22N2O4/c14-8-12(4-6-19-7-5-12)10(16)15-9-13(11(17)18)2-1-3-13/h1-9,14H2,(H,15,16)(H,17,18). The molecule has 2 rings (SSSR count). The fourth-order valence-electron chi connectivity index (χ4n) is 2.79. The summed E-state index contributed by atoms with van der Waals surface area (Å²) in [6, 6.07) is 0. The smallest absolute Gasteiger partial charge is 0.311 e. The summed E-state index contributed by atoms with van der Waals surface area (Å²) in [5.74, 6) is -0.932. The topological polar surface area (TPSA) is 102 Å². The van der Waals surface area contributed by atoms with Crippen molar-refractivity contribution >= 4 is 11.9 Å². The van der Waals surface area contributed by atoms with Gasteiger partial charge in [0.2, 0.25) is 5.91 Å². The lowest BCUT2D eigenvalue weighted by Crippen LogP contribution is -2.54. The third-order valence-electron chi connectivity index (χ3n) is 4.67. The lowest BCUT2D eigenvalue weighted by Gasteiger charge is -2.40. The molecule has 108 valence electrons. The third-order valence-corrected chi connectivity index (χ3v) is 4.67. The van der Waals surface area contributed by atoms with E-state index in [-0.39, 0.29) is 19.0 Å². The maximum atomic E-state index is 12.3. The van der Waals surface area contributed by atoms with E-state index in [0.29, 0.717) is 38.9 Å². The van der Waals surface area contributed by atoms with Crippen LogP contribution in [0, 0.1) is 10.8 Å². The van der Waals surface area contributed by atoms with E-state index in [1.54, 1.807) is 0 Å². The molecule has 4 N–H and O–H groups in total. The molecule has 0 atom stereocenters. The highest BCUT2D eigenvalue weighted by molar-refractivity contribution is 5.84. The number of carboxylic acids is 1. The summed E-state index contributed by atoms with van der Waals surface area (Å²) in [4.78, 5) is 23.6. The number of amides is 1. The average molecular weight is 270 g/mol. The summed E-state index contributed by atoms with van der Waals surface area (Å²) in [7, 11) is 0. The molecule has 0 spiro atoms. The van der Waals surface area contributed by atoms with Gasteiger partial charge in [-0.15, -0.1) is 0 Å². The van der Waals surface area contributed by atoms with E-state index in [9.17, 15) is 14.7 Å². The van der Waals surface area contributed by atoms with Crippen molar-refractivity contribution in [2.45, 2.75) is 32.1 Å². The molecule has 6 nitrogen and oxygen atoms in total. The molecule has 0 aromatic carbocycles. The molecule has 1 amide bonds. The van der Waals surface area contributed by atoms with Crippen molar-refractivity contribution in [2.75, 3.05) is 26.3 Å². The van der Waals surface area contributed by atoms with Crippen LogP contribution in [0.4, 0.5) is 0 Å². The molecule has 0 aromatic heterocycles. The van der Waals surface area contributed by atoms with Gasteiger partial charge in [0.25, 0.3) is 0 Å². The van der Waals surface area contributed by atoms with Gasteiger partial charge in [0.15, 0.2) is 0 Å². The fraction of sp³-hybridized carbons (Fsp3) is 0.846. The van der Waals surface area contributed by atoms with Gasteiger partial charge in [0, 0.05) is 26.3 Å². The average Bonchev–Trinajstić information content (AvgIpc) is 2.37. The Morgan fingerprint density at radius 2 is 1.79 bits per heavy atom. The van der Waals surface area contributed by atoms with Gasteiger partial charge >= 0.3 is 5.97 Å². The number of aliphatic carboxylic acids is 1. The molecule has 1 aliphatic heterocycles. The van der Waals surface area contributed by atoms with Gasteiger partial charge in [0.05, 0.1) is 10.8 Å². The number of carbonyl (C=O) groups excluding carboxylic acids is 1. The summed E-state index contributed by atoms with van der Waals surface area (Å²) < 4.78 is 5.26. The van der Waals surface area contributed by atoms with Crippen molar-refractivity contribution in [1.82, 2.24) is 5.32 Å². The first-order valence-electron chi connectivity index (χ1n) is 6.84. The van der Waals surface area contributed by atoms with Crippen LogP contribution in [-0.4, -0.2) is 43.3 Å². The molecule has 1 heterocycles. The van der Waals surface area contributed by atoms with Crippen molar-refractivity contribution in [2.24, 2.45) is 16.6 Å². The zero-order chi connectivity index (χ0) is 13.9. The molecule has 1 saturated carbocycles. The number of ether oxygens (including phenoxy) is 1. The minimum absolute atomic E-state index is 0.120. The lowest BCUT2D eigenvalue weighted by molar-refractivity contribution is -0.155. The van der Waals surface area contributed by atoms with Crippen LogP contribution in [0.3, 0.4) is 0 Å². The van der Waals surface area contributed by atoms with Crippen molar-refractivity contribution in [1.29, 1.82) is 0 Å². The zero-order valence-corrected chi connectivity index (χ0v) is 11.1. The molecular formula is C13H22N2O4. The Balaban J connectivity index is 1.94. The Bertz CT molecular complexity index is 360. The molecule has 0 bridgehead atoms. The first-order chi connectivity index (χ1) is 9.05. The maximum Gasteiger partial charge on any atom is 0.311 e. The second kappa shape index (κ2) is 5.46. The van der Waals surface area contributed by atoms with Gasteiger partial charge in [-0.3, -0.25) is 9.59 Å². The van der Waals surface area contributed by atoms with Crippen molar-refractivity contribution in [3.8, 4) is 0 Å². The van der Waals surface area contributed by atoms with Crippen LogP contribution in [0.15, 0.2) is 0 Å². The van der Waals surface area contributed by atoms with Gasteiger partial charge in [-0.1, -0.05) is 6.42 Å². The number of rotatable bonds is 5. The van der Waals surface area contributed by atoms with Crippen molar-refractivity contribution < 1.29 is 19.4 Å². The van der Waals surface area contributed by atoms with Crippen LogP contribution in [0.1, 0.15) is 32.1 Å². The van der Waals surface area contributed by atoms with Gasteiger partial charge in [-0.2, -0.15) is 0 Å². The van der Waals surface area contributed by atoms with Gasteiger partial charge in [0.1, 0.15) is 0 Å². The first kappa shape index (κ1) is 14.3. The van der Waals surface area contributed by atoms with Gasteiger partial charge in [-0.25, -0.2) is 0 Å². The second-order valence-corrected chi connectivity index (χ2v) is 5.72. The Labute approximate surface area is 112 Å². The normalized spacial score (nSPS) is 24.3. The maximum absolute atomic E-state index is 12.3. The predicted octanol–water partition coefficient (Wildman–Crippen LogP) is 0.113. The summed E-state index contributed by atoms with van der Waals surface area (Å²) >= 11 is 0. The lowest BCUT2D eigenvalue weighted by atomic mass is 9.68. The molecule has 1 aliphatic carbocycles. The van der Waals surface area contributed by atoms with E-state index in [1.807, 2.05) is 0 Å². The molecule has 2 fully saturated rings. The summed E-state index contributed by atoms with van der Waals surface area (Å²) in [6.07, 6.45) is 3.41. The van der Waals surface area contributed by atoms with Gasteiger partial charge < -0.3 is 20.9 Å². The fourth-order valence-corrected chi connectivity index (χ4v) is 2.79. The highest BCUT2D eigenvalue weighted by Crippen LogP contribution is 2.41. The van der Waals surface area contributed by atoms with Crippen LogP contribution in [0.25, 0.3) is 0 Å². The Morgan fingerprint density at radius 1 is 1.16 bits per heavy atom. The quantitative estimate of drug-likeness (QED) is 0.658. The van der Waals surface area contributed by atoms with Crippen LogP contribution in [0.5, 0.6) is 0 Å². The highest BCUT2D eigenvalue weighted by atomic mass is 16.5. The predicted molar refractivity (Wildman–Crippen MR) is 68.5 cm³/mol. The molecule has 0 radical (unpaired) electrons. The minimum Gasteiger partial charge on any atom is -0.481 e. The van der Waals surface area contributed by atoms with Crippen LogP contribution >= 0.6 is 0 Å². The number of nitrogens with one attached hydrogen (secondary N) is 1. The molecule has 0 aromatic rings. The summed E-state index contributed by atoms with van der Waals surface area (Å²) in [6.45, 7) is 1.56. The first-order valence-corrected chi connectivity index (χ1v) is 6.84. The Hall–Kier alpha value is -1.14. The third kappa shape index (κ3) is 2.60. The minimum atomic E-state index is -0.812.